The van der Waals surface area contributed by atoms with Crippen LogP contribution in [0.4, 0.5) is 4.79 Å². The second-order valence-corrected chi connectivity index (χ2v) is 4.88. The van der Waals surface area contributed by atoms with E-state index in [1.54, 1.807) is 0 Å². The molecule has 4 nitrogen and oxygen atoms in total. The van der Waals surface area contributed by atoms with Crippen LogP contribution in [-0.4, -0.2) is 42.3 Å². The SMILES string of the molecule is CN1C2CC[C@@H]1CC1(CNC(=O)O1)C2. The molecule has 3 heterocycles. The topological polar surface area (TPSA) is 41.6 Å². The predicted molar refractivity (Wildman–Crippen MR) is 51.0 cm³/mol. The van der Waals surface area contributed by atoms with E-state index in [1.807, 2.05) is 0 Å². The molecule has 1 amide bonds. The number of fused-ring (bicyclic) bond motifs is 2. The fourth-order valence-corrected chi connectivity index (χ4v) is 3.25. The Morgan fingerprint density at radius 1 is 1.43 bits per heavy atom. The van der Waals surface area contributed by atoms with Crippen molar-refractivity contribution in [2.45, 2.75) is 43.4 Å². The number of piperidine rings is 1. The number of nitrogens with zero attached hydrogens (tertiary/aromatic N) is 1. The van der Waals surface area contributed by atoms with Crippen molar-refractivity contribution in [3.05, 3.63) is 0 Å². The third-order valence-corrected chi connectivity index (χ3v) is 4.06. The largest absolute Gasteiger partial charge is 0.441 e. The van der Waals surface area contributed by atoms with Crippen LogP contribution in [-0.2, 0) is 4.74 Å². The zero-order valence-corrected chi connectivity index (χ0v) is 8.45. The summed E-state index contributed by atoms with van der Waals surface area (Å²) >= 11 is 0. The lowest BCUT2D eigenvalue weighted by Gasteiger charge is -2.41. The zero-order valence-electron chi connectivity index (χ0n) is 8.45. The summed E-state index contributed by atoms with van der Waals surface area (Å²) in [4.78, 5) is 13.5. The fourth-order valence-electron chi connectivity index (χ4n) is 3.25. The average Bonchev–Trinajstić information content (AvgIpc) is 2.58. The van der Waals surface area contributed by atoms with Crippen LogP contribution in [0.3, 0.4) is 0 Å². The van der Waals surface area contributed by atoms with Crippen LogP contribution in [0.2, 0.25) is 0 Å². The summed E-state index contributed by atoms with van der Waals surface area (Å²) in [5, 5.41) is 2.78. The first-order chi connectivity index (χ1) is 6.69. The smallest absolute Gasteiger partial charge is 0.407 e. The first kappa shape index (κ1) is 8.53. The van der Waals surface area contributed by atoms with Gasteiger partial charge in [0.05, 0.1) is 6.54 Å². The molecule has 3 atom stereocenters. The highest BCUT2D eigenvalue weighted by molar-refractivity contribution is 5.70. The molecular weight excluding hydrogens is 180 g/mol. The predicted octanol–water partition coefficient (Wildman–Crippen LogP) is 0.722. The highest BCUT2D eigenvalue weighted by Crippen LogP contribution is 2.42. The highest BCUT2D eigenvalue weighted by Gasteiger charge is 2.51. The van der Waals surface area contributed by atoms with Crippen molar-refractivity contribution in [3.8, 4) is 0 Å². The van der Waals surface area contributed by atoms with E-state index in [4.69, 9.17) is 4.74 Å². The van der Waals surface area contributed by atoms with E-state index in [9.17, 15) is 4.79 Å². The first-order valence-corrected chi connectivity index (χ1v) is 5.37. The third kappa shape index (κ3) is 1.06. The summed E-state index contributed by atoms with van der Waals surface area (Å²) in [6.07, 6.45) is 4.33. The summed E-state index contributed by atoms with van der Waals surface area (Å²) in [5.41, 5.74) is -0.171. The molecule has 0 aromatic carbocycles. The quantitative estimate of drug-likeness (QED) is 0.620. The Labute approximate surface area is 83.6 Å². The van der Waals surface area contributed by atoms with E-state index in [2.05, 4.69) is 17.3 Å². The van der Waals surface area contributed by atoms with Crippen LogP contribution in [0.25, 0.3) is 0 Å². The number of amides is 1. The Morgan fingerprint density at radius 3 is 2.57 bits per heavy atom. The first-order valence-electron chi connectivity index (χ1n) is 5.37. The Kier molecular flexibility index (Phi) is 1.60. The number of carbonyl (C=O) groups excluding carboxylic acids is 1. The number of hydrogen-bond donors (Lipinski definition) is 1. The lowest BCUT2D eigenvalue weighted by molar-refractivity contribution is -0.0222. The van der Waals surface area contributed by atoms with Crippen LogP contribution in [0, 0.1) is 0 Å². The maximum Gasteiger partial charge on any atom is 0.407 e. The van der Waals surface area contributed by atoms with Crippen LogP contribution >= 0.6 is 0 Å². The van der Waals surface area contributed by atoms with Crippen LogP contribution in [0.1, 0.15) is 25.7 Å². The van der Waals surface area contributed by atoms with Gasteiger partial charge in [-0.05, 0) is 19.9 Å². The van der Waals surface area contributed by atoms with Crippen molar-refractivity contribution in [1.29, 1.82) is 0 Å². The normalized spacial score (nSPS) is 46.8. The average molecular weight is 196 g/mol. The molecule has 1 spiro atoms. The standard InChI is InChI=1S/C10H16N2O2/c1-12-7-2-3-8(12)5-10(4-7)6-11-9(13)14-10/h7-8H,2-6H2,1H3,(H,11,13)/t7-,8?,10?/m1/s1. The monoisotopic (exact) mass is 196 g/mol. The number of nitrogens with one attached hydrogen (secondary N) is 1. The molecule has 4 heteroatoms. The number of hydrogen-bond acceptors (Lipinski definition) is 3. The molecule has 3 saturated heterocycles. The molecule has 0 aromatic rings. The molecule has 3 aliphatic heterocycles. The molecule has 0 aromatic heterocycles. The van der Waals surface area contributed by atoms with Gasteiger partial charge in [0.15, 0.2) is 0 Å². The maximum atomic E-state index is 11.1. The van der Waals surface area contributed by atoms with Gasteiger partial charge in [-0.3, -0.25) is 0 Å². The molecule has 2 unspecified atom stereocenters. The molecule has 78 valence electrons. The molecule has 3 rings (SSSR count). The Morgan fingerprint density at radius 2 is 2.07 bits per heavy atom. The molecular formula is C10H16N2O2. The number of rotatable bonds is 0. The minimum absolute atomic E-state index is 0.171. The van der Waals surface area contributed by atoms with E-state index in [-0.39, 0.29) is 11.7 Å². The van der Waals surface area contributed by atoms with Crippen molar-refractivity contribution >= 4 is 6.09 Å². The zero-order chi connectivity index (χ0) is 9.76. The molecule has 0 saturated carbocycles. The maximum absolute atomic E-state index is 11.1. The summed E-state index contributed by atoms with van der Waals surface area (Å²) in [6.45, 7) is 0.715. The van der Waals surface area contributed by atoms with Gasteiger partial charge in [0.2, 0.25) is 0 Å². The minimum atomic E-state index is -0.228. The van der Waals surface area contributed by atoms with Crippen molar-refractivity contribution in [2.24, 2.45) is 0 Å². The lowest BCUT2D eigenvalue weighted by atomic mass is 9.86. The Balaban J connectivity index is 1.82. The summed E-state index contributed by atoms with van der Waals surface area (Å²) in [7, 11) is 2.19. The van der Waals surface area contributed by atoms with Gasteiger partial charge in [0, 0.05) is 24.9 Å². The minimum Gasteiger partial charge on any atom is -0.441 e. The van der Waals surface area contributed by atoms with E-state index in [1.165, 1.54) is 12.8 Å². The van der Waals surface area contributed by atoms with Gasteiger partial charge in [-0.1, -0.05) is 0 Å². The van der Waals surface area contributed by atoms with Gasteiger partial charge < -0.3 is 15.0 Å². The number of alkyl carbamates (subject to hydrolysis) is 1. The number of carbonyl (C=O) groups is 1. The van der Waals surface area contributed by atoms with Gasteiger partial charge in [-0.2, -0.15) is 0 Å². The third-order valence-electron chi connectivity index (χ3n) is 4.06. The van der Waals surface area contributed by atoms with Crippen molar-refractivity contribution in [2.75, 3.05) is 13.6 Å². The van der Waals surface area contributed by atoms with Crippen LogP contribution in [0.15, 0.2) is 0 Å². The molecule has 3 fully saturated rings. The molecule has 1 N–H and O–H groups in total. The van der Waals surface area contributed by atoms with E-state index < -0.39 is 0 Å². The second-order valence-electron chi connectivity index (χ2n) is 4.88. The van der Waals surface area contributed by atoms with Crippen LogP contribution < -0.4 is 5.32 Å². The summed E-state index contributed by atoms with van der Waals surface area (Å²) in [5.74, 6) is 0. The summed E-state index contributed by atoms with van der Waals surface area (Å²) < 4.78 is 5.44. The molecule has 14 heavy (non-hydrogen) atoms. The molecule has 0 radical (unpaired) electrons. The van der Waals surface area contributed by atoms with Gasteiger partial charge in [0.1, 0.15) is 5.60 Å². The van der Waals surface area contributed by atoms with Crippen LogP contribution in [0.5, 0.6) is 0 Å². The molecule has 3 aliphatic rings. The van der Waals surface area contributed by atoms with Gasteiger partial charge in [-0.25, -0.2) is 4.79 Å². The van der Waals surface area contributed by atoms with Gasteiger partial charge in [-0.15, -0.1) is 0 Å². The highest BCUT2D eigenvalue weighted by atomic mass is 16.6. The second kappa shape index (κ2) is 2.63. The lowest BCUT2D eigenvalue weighted by Crippen LogP contribution is -2.51. The van der Waals surface area contributed by atoms with Gasteiger partial charge >= 0.3 is 6.09 Å². The van der Waals surface area contributed by atoms with Gasteiger partial charge in [0.25, 0.3) is 0 Å². The van der Waals surface area contributed by atoms with Crippen molar-refractivity contribution in [3.63, 3.8) is 0 Å². The Bertz CT molecular complexity index is 265. The van der Waals surface area contributed by atoms with Crippen molar-refractivity contribution in [1.82, 2.24) is 10.2 Å². The molecule has 0 aliphatic carbocycles. The Hall–Kier alpha value is -0.770. The van der Waals surface area contributed by atoms with E-state index in [0.717, 1.165) is 12.8 Å². The molecule has 2 bridgehead atoms. The van der Waals surface area contributed by atoms with E-state index >= 15 is 0 Å². The fraction of sp³-hybridized carbons (Fsp3) is 0.900. The van der Waals surface area contributed by atoms with E-state index in [0.29, 0.717) is 18.6 Å². The number of ether oxygens (including phenoxy) is 1. The van der Waals surface area contributed by atoms with Crippen molar-refractivity contribution < 1.29 is 9.53 Å². The summed E-state index contributed by atoms with van der Waals surface area (Å²) in [6, 6.07) is 1.25.